The van der Waals surface area contributed by atoms with Crippen LogP contribution in [0.1, 0.15) is 18.7 Å². The Morgan fingerprint density at radius 2 is 2.50 bits per heavy atom. The maximum Gasteiger partial charge on any atom is 0.341 e. The van der Waals surface area contributed by atoms with E-state index in [-0.39, 0.29) is 13.2 Å². The molecular formula is C9H12N4O3. The molecule has 0 fully saturated rings. The third-order valence-corrected chi connectivity index (χ3v) is 1.70. The average molecular weight is 224 g/mol. The van der Waals surface area contributed by atoms with Crippen molar-refractivity contribution in [1.29, 1.82) is 5.26 Å². The molecule has 7 nitrogen and oxygen atoms in total. The number of hydrogen-bond acceptors (Lipinski definition) is 6. The highest BCUT2D eigenvalue weighted by Gasteiger charge is 2.25. The summed E-state index contributed by atoms with van der Waals surface area (Å²) in [5.74, 6) is -0.571. The maximum absolute atomic E-state index is 11.5. The van der Waals surface area contributed by atoms with Gasteiger partial charge in [-0.25, -0.2) is 4.79 Å². The molecule has 0 amide bonds. The van der Waals surface area contributed by atoms with Crippen molar-refractivity contribution in [3.05, 3.63) is 11.9 Å². The molecule has 16 heavy (non-hydrogen) atoms. The van der Waals surface area contributed by atoms with Crippen LogP contribution in [-0.4, -0.2) is 34.2 Å². The normalized spacial score (nSPS) is 11.8. The van der Waals surface area contributed by atoms with Crippen LogP contribution in [0.4, 0.5) is 0 Å². The lowest BCUT2D eigenvalue weighted by atomic mass is 10.3. The van der Waals surface area contributed by atoms with E-state index in [1.165, 1.54) is 4.68 Å². The monoisotopic (exact) mass is 224 g/mol. The highest BCUT2D eigenvalue weighted by Crippen LogP contribution is 2.15. The van der Waals surface area contributed by atoms with Gasteiger partial charge in [0.1, 0.15) is 12.3 Å². The Kier molecular flexibility index (Phi) is 4.42. The standard InChI is InChI=1S/C9H12N4O3/c1-3-15-9(14)8(16-5-4-10)7-6-13(2)12-11-7/h6,8H,3,5H2,1-2H3. The van der Waals surface area contributed by atoms with Gasteiger partial charge in [-0.2, -0.15) is 5.26 Å². The predicted octanol–water partition coefficient (Wildman–Crippen LogP) is -0.0405. The molecule has 1 rings (SSSR count). The SMILES string of the molecule is CCOC(=O)C(OCC#N)c1cn(C)nn1. The largest absolute Gasteiger partial charge is 0.464 e. The summed E-state index contributed by atoms with van der Waals surface area (Å²) in [6.45, 7) is 1.72. The number of hydrogen-bond donors (Lipinski definition) is 0. The zero-order valence-electron chi connectivity index (χ0n) is 9.08. The van der Waals surface area contributed by atoms with Gasteiger partial charge in [0.05, 0.1) is 18.9 Å². The Morgan fingerprint density at radius 3 is 3.00 bits per heavy atom. The zero-order valence-corrected chi connectivity index (χ0v) is 9.08. The number of carbonyl (C=O) groups is 1. The topological polar surface area (TPSA) is 90.0 Å². The predicted molar refractivity (Wildman–Crippen MR) is 51.9 cm³/mol. The minimum absolute atomic E-state index is 0.208. The summed E-state index contributed by atoms with van der Waals surface area (Å²) in [4.78, 5) is 11.5. The fourth-order valence-corrected chi connectivity index (χ4v) is 1.10. The lowest BCUT2D eigenvalue weighted by Crippen LogP contribution is -2.19. The summed E-state index contributed by atoms with van der Waals surface area (Å²) in [7, 11) is 1.67. The van der Waals surface area contributed by atoms with E-state index in [1.54, 1.807) is 26.2 Å². The first-order chi connectivity index (χ1) is 7.69. The number of esters is 1. The fourth-order valence-electron chi connectivity index (χ4n) is 1.10. The Bertz CT molecular complexity index is 396. The molecule has 0 N–H and O–H groups in total. The lowest BCUT2D eigenvalue weighted by molar-refractivity contribution is -0.156. The summed E-state index contributed by atoms with van der Waals surface area (Å²) < 4.78 is 11.3. The van der Waals surface area contributed by atoms with Crippen molar-refractivity contribution in [1.82, 2.24) is 15.0 Å². The average Bonchev–Trinajstić information content (AvgIpc) is 2.66. The fraction of sp³-hybridized carbons (Fsp3) is 0.556. The van der Waals surface area contributed by atoms with Gasteiger partial charge in [0.2, 0.25) is 6.10 Å². The van der Waals surface area contributed by atoms with E-state index in [2.05, 4.69) is 10.3 Å². The highest BCUT2D eigenvalue weighted by molar-refractivity contribution is 5.75. The highest BCUT2D eigenvalue weighted by atomic mass is 16.6. The van der Waals surface area contributed by atoms with E-state index >= 15 is 0 Å². The summed E-state index contributed by atoms with van der Waals surface area (Å²) in [6, 6.07) is 1.79. The smallest absolute Gasteiger partial charge is 0.341 e. The van der Waals surface area contributed by atoms with Crippen molar-refractivity contribution in [2.45, 2.75) is 13.0 Å². The Hall–Kier alpha value is -1.94. The molecule has 0 aliphatic carbocycles. The minimum Gasteiger partial charge on any atom is -0.464 e. The molecule has 0 bridgehead atoms. The van der Waals surface area contributed by atoms with Crippen LogP contribution < -0.4 is 0 Å². The summed E-state index contributed by atoms with van der Waals surface area (Å²) in [5.41, 5.74) is 0.330. The van der Waals surface area contributed by atoms with Gasteiger partial charge in [-0.3, -0.25) is 4.68 Å². The van der Waals surface area contributed by atoms with E-state index in [4.69, 9.17) is 14.7 Å². The minimum atomic E-state index is -0.992. The van der Waals surface area contributed by atoms with Gasteiger partial charge >= 0.3 is 5.97 Å². The van der Waals surface area contributed by atoms with Gasteiger partial charge in [-0.05, 0) is 6.92 Å². The second-order valence-corrected chi connectivity index (χ2v) is 2.92. The molecule has 1 heterocycles. The third-order valence-electron chi connectivity index (χ3n) is 1.70. The van der Waals surface area contributed by atoms with Crippen LogP contribution >= 0.6 is 0 Å². The van der Waals surface area contributed by atoms with E-state index in [0.29, 0.717) is 5.69 Å². The van der Waals surface area contributed by atoms with Crippen LogP contribution in [0, 0.1) is 11.3 Å². The summed E-state index contributed by atoms with van der Waals surface area (Å²) >= 11 is 0. The Morgan fingerprint density at radius 1 is 1.75 bits per heavy atom. The number of carbonyl (C=O) groups excluding carboxylic acids is 1. The number of rotatable bonds is 5. The molecule has 1 unspecified atom stereocenters. The van der Waals surface area contributed by atoms with E-state index < -0.39 is 12.1 Å². The number of nitriles is 1. The number of ether oxygens (including phenoxy) is 2. The molecule has 0 spiro atoms. The van der Waals surface area contributed by atoms with Gasteiger partial charge < -0.3 is 9.47 Å². The molecule has 0 aliphatic rings. The zero-order chi connectivity index (χ0) is 12.0. The molecule has 0 saturated carbocycles. The quantitative estimate of drug-likeness (QED) is 0.652. The first-order valence-electron chi connectivity index (χ1n) is 4.70. The van der Waals surface area contributed by atoms with Gasteiger partial charge in [-0.15, -0.1) is 5.10 Å². The van der Waals surface area contributed by atoms with E-state index in [9.17, 15) is 4.79 Å². The van der Waals surface area contributed by atoms with Gasteiger partial charge in [0.15, 0.2) is 0 Å². The van der Waals surface area contributed by atoms with E-state index in [1.807, 2.05) is 0 Å². The third kappa shape index (κ3) is 3.03. The van der Waals surface area contributed by atoms with Crippen molar-refractivity contribution >= 4 is 5.97 Å². The molecule has 1 aromatic rings. The molecule has 0 saturated heterocycles. The van der Waals surface area contributed by atoms with Crippen molar-refractivity contribution in [2.75, 3.05) is 13.2 Å². The van der Waals surface area contributed by atoms with Crippen LogP contribution in [-0.2, 0) is 21.3 Å². The molecule has 1 aromatic heterocycles. The van der Waals surface area contributed by atoms with E-state index in [0.717, 1.165) is 0 Å². The number of nitrogens with zero attached hydrogens (tertiary/aromatic N) is 4. The van der Waals surface area contributed by atoms with Crippen LogP contribution in [0.15, 0.2) is 6.20 Å². The first kappa shape index (κ1) is 12.1. The molecule has 7 heteroatoms. The molecular weight excluding hydrogens is 212 g/mol. The molecule has 86 valence electrons. The molecule has 0 radical (unpaired) electrons. The first-order valence-corrected chi connectivity index (χ1v) is 4.70. The lowest BCUT2D eigenvalue weighted by Gasteiger charge is -2.11. The molecule has 0 aliphatic heterocycles. The second kappa shape index (κ2) is 5.82. The number of aromatic nitrogens is 3. The van der Waals surface area contributed by atoms with Gasteiger partial charge in [0.25, 0.3) is 0 Å². The van der Waals surface area contributed by atoms with Crippen LogP contribution in [0.25, 0.3) is 0 Å². The van der Waals surface area contributed by atoms with Crippen molar-refractivity contribution < 1.29 is 14.3 Å². The maximum atomic E-state index is 11.5. The van der Waals surface area contributed by atoms with Gasteiger partial charge in [-0.1, -0.05) is 5.21 Å². The van der Waals surface area contributed by atoms with Crippen LogP contribution in [0.3, 0.4) is 0 Å². The van der Waals surface area contributed by atoms with Crippen molar-refractivity contribution in [2.24, 2.45) is 7.05 Å². The molecule has 0 aromatic carbocycles. The van der Waals surface area contributed by atoms with Crippen LogP contribution in [0.2, 0.25) is 0 Å². The summed E-state index contributed by atoms with van der Waals surface area (Å²) in [5, 5.41) is 15.8. The summed E-state index contributed by atoms with van der Waals surface area (Å²) in [6.07, 6.45) is 0.548. The number of aryl methyl sites for hydroxylation is 1. The van der Waals surface area contributed by atoms with Crippen LogP contribution in [0.5, 0.6) is 0 Å². The second-order valence-electron chi connectivity index (χ2n) is 2.92. The van der Waals surface area contributed by atoms with Crippen molar-refractivity contribution in [3.8, 4) is 6.07 Å². The Labute approximate surface area is 92.6 Å². The Balaban J connectivity index is 2.79. The van der Waals surface area contributed by atoms with Gasteiger partial charge in [0, 0.05) is 7.05 Å². The van der Waals surface area contributed by atoms with Crippen molar-refractivity contribution in [3.63, 3.8) is 0 Å². The molecule has 1 atom stereocenters.